The van der Waals surface area contributed by atoms with Crippen LogP contribution < -0.4 is 5.73 Å². The van der Waals surface area contributed by atoms with Crippen molar-refractivity contribution in [2.45, 2.75) is 45.2 Å². The van der Waals surface area contributed by atoms with E-state index in [1.54, 1.807) is 0 Å². The van der Waals surface area contributed by atoms with Crippen LogP contribution in [0.5, 0.6) is 0 Å². The molecule has 1 aromatic carbocycles. The summed E-state index contributed by atoms with van der Waals surface area (Å²) in [5, 5.41) is 0.719. The topological polar surface area (TPSA) is 29.3 Å². The fraction of sp³-hybridized carbons (Fsp3) is 0.571. The van der Waals surface area contributed by atoms with E-state index in [0.717, 1.165) is 23.3 Å². The highest BCUT2D eigenvalue weighted by molar-refractivity contribution is 6.30. The summed E-state index contributed by atoms with van der Waals surface area (Å²) >= 11 is 5.92. The molecule has 1 aromatic rings. The second-order valence-corrected chi connectivity index (χ2v) is 5.31. The summed E-state index contributed by atoms with van der Waals surface area (Å²) in [5.74, 6) is 0. The summed E-state index contributed by atoms with van der Waals surface area (Å²) in [6.07, 6.45) is 5.23. The Morgan fingerprint density at radius 2 is 2.24 bits per heavy atom. The molecular weight excluding hydrogens is 232 g/mol. The third kappa shape index (κ3) is 3.14. The van der Waals surface area contributed by atoms with Gasteiger partial charge in [-0.25, -0.2) is 0 Å². The third-order valence-electron chi connectivity index (χ3n) is 3.70. The third-order valence-corrected chi connectivity index (χ3v) is 3.94. The van der Waals surface area contributed by atoms with Gasteiger partial charge >= 0.3 is 0 Å². The van der Waals surface area contributed by atoms with Crippen molar-refractivity contribution in [1.29, 1.82) is 0 Å². The van der Waals surface area contributed by atoms with E-state index in [4.69, 9.17) is 17.3 Å². The van der Waals surface area contributed by atoms with Gasteiger partial charge in [-0.3, -0.25) is 4.90 Å². The molecule has 0 bridgehead atoms. The Hall–Kier alpha value is -0.730. The molecule has 0 aliphatic carbocycles. The number of benzene rings is 1. The van der Waals surface area contributed by atoms with Crippen LogP contribution in [-0.2, 0) is 6.54 Å². The molecular formula is C14H21ClN2. The van der Waals surface area contributed by atoms with Gasteiger partial charge in [0.1, 0.15) is 0 Å². The highest BCUT2D eigenvalue weighted by Crippen LogP contribution is 2.25. The van der Waals surface area contributed by atoms with Crippen LogP contribution in [0.1, 0.15) is 38.2 Å². The monoisotopic (exact) mass is 252 g/mol. The number of likely N-dealkylation sites (tertiary alicyclic amines) is 1. The molecule has 2 nitrogen and oxygen atoms in total. The molecule has 1 heterocycles. The lowest BCUT2D eigenvalue weighted by Gasteiger charge is -2.35. The van der Waals surface area contributed by atoms with Gasteiger partial charge in [0.05, 0.1) is 0 Å². The number of halogens is 1. The quantitative estimate of drug-likeness (QED) is 0.832. The van der Waals surface area contributed by atoms with E-state index in [1.807, 2.05) is 12.1 Å². The normalized spacial score (nSPS) is 21.6. The Bertz CT molecular complexity index is 378. The van der Waals surface area contributed by atoms with Crippen molar-refractivity contribution in [1.82, 2.24) is 4.90 Å². The zero-order valence-electron chi connectivity index (χ0n) is 10.5. The summed E-state index contributed by atoms with van der Waals surface area (Å²) in [6.45, 7) is 4.43. The van der Waals surface area contributed by atoms with E-state index in [-0.39, 0.29) is 0 Å². The zero-order valence-corrected chi connectivity index (χ0v) is 11.2. The van der Waals surface area contributed by atoms with Crippen molar-refractivity contribution in [3.05, 3.63) is 28.8 Å². The van der Waals surface area contributed by atoms with Crippen LogP contribution in [0.3, 0.4) is 0 Å². The van der Waals surface area contributed by atoms with Crippen molar-refractivity contribution in [3.63, 3.8) is 0 Å². The number of piperidine rings is 1. The molecule has 0 spiro atoms. The Morgan fingerprint density at radius 1 is 1.41 bits per heavy atom. The van der Waals surface area contributed by atoms with Crippen molar-refractivity contribution in [2.75, 3.05) is 12.3 Å². The Morgan fingerprint density at radius 3 is 2.94 bits per heavy atom. The van der Waals surface area contributed by atoms with Crippen molar-refractivity contribution < 1.29 is 0 Å². The highest BCUT2D eigenvalue weighted by atomic mass is 35.5. The Labute approximate surface area is 109 Å². The van der Waals surface area contributed by atoms with Gasteiger partial charge in [0.25, 0.3) is 0 Å². The molecule has 0 amide bonds. The SMILES string of the molecule is CCC1CCCCN1Cc1ccc(Cl)cc1N. The molecule has 2 rings (SSSR count). The summed E-state index contributed by atoms with van der Waals surface area (Å²) < 4.78 is 0. The summed E-state index contributed by atoms with van der Waals surface area (Å²) in [4.78, 5) is 2.56. The summed E-state index contributed by atoms with van der Waals surface area (Å²) in [5.41, 5.74) is 8.04. The van der Waals surface area contributed by atoms with Gasteiger partial charge in [-0.15, -0.1) is 0 Å². The fourth-order valence-corrected chi connectivity index (χ4v) is 2.84. The van der Waals surface area contributed by atoms with E-state index in [2.05, 4.69) is 17.9 Å². The molecule has 3 heteroatoms. The van der Waals surface area contributed by atoms with Crippen LogP contribution in [0.25, 0.3) is 0 Å². The van der Waals surface area contributed by atoms with Gasteiger partial charge in [0.2, 0.25) is 0 Å². The number of nitrogens with two attached hydrogens (primary N) is 1. The number of hydrogen-bond acceptors (Lipinski definition) is 2. The minimum Gasteiger partial charge on any atom is -0.398 e. The number of nitrogens with zero attached hydrogens (tertiary/aromatic N) is 1. The Kier molecular flexibility index (Phi) is 4.30. The first kappa shape index (κ1) is 12.7. The zero-order chi connectivity index (χ0) is 12.3. The van der Waals surface area contributed by atoms with Crippen LogP contribution in [-0.4, -0.2) is 17.5 Å². The second kappa shape index (κ2) is 5.74. The number of rotatable bonds is 3. The first-order chi connectivity index (χ1) is 8.20. The first-order valence-corrected chi connectivity index (χ1v) is 6.86. The van der Waals surface area contributed by atoms with Gasteiger partial charge in [0.15, 0.2) is 0 Å². The van der Waals surface area contributed by atoms with Gasteiger partial charge < -0.3 is 5.73 Å². The second-order valence-electron chi connectivity index (χ2n) is 4.87. The first-order valence-electron chi connectivity index (χ1n) is 6.48. The molecule has 1 aliphatic rings. The van der Waals surface area contributed by atoms with Gasteiger partial charge in [0, 0.05) is 23.3 Å². The van der Waals surface area contributed by atoms with Crippen LogP contribution in [0.4, 0.5) is 5.69 Å². The molecule has 94 valence electrons. The molecule has 0 saturated carbocycles. The molecule has 0 radical (unpaired) electrons. The molecule has 1 fully saturated rings. The number of anilines is 1. The smallest absolute Gasteiger partial charge is 0.0426 e. The molecule has 1 saturated heterocycles. The molecule has 0 aromatic heterocycles. The van der Waals surface area contributed by atoms with E-state index in [0.29, 0.717) is 0 Å². The average molecular weight is 253 g/mol. The minimum absolute atomic E-state index is 0.719. The Balaban J connectivity index is 2.08. The summed E-state index contributed by atoms with van der Waals surface area (Å²) in [7, 11) is 0. The largest absolute Gasteiger partial charge is 0.398 e. The van der Waals surface area contributed by atoms with Gasteiger partial charge in [-0.1, -0.05) is 31.0 Å². The maximum atomic E-state index is 6.01. The van der Waals surface area contributed by atoms with E-state index < -0.39 is 0 Å². The lowest BCUT2D eigenvalue weighted by molar-refractivity contribution is 0.136. The molecule has 1 aliphatic heterocycles. The van der Waals surface area contributed by atoms with Crippen LogP contribution in [0, 0.1) is 0 Å². The lowest BCUT2D eigenvalue weighted by Crippen LogP contribution is -2.38. The van der Waals surface area contributed by atoms with E-state index in [1.165, 1.54) is 37.8 Å². The highest BCUT2D eigenvalue weighted by Gasteiger charge is 2.21. The number of nitrogen functional groups attached to an aromatic ring is 1. The van der Waals surface area contributed by atoms with Crippen LogP contribution in [0.15, 0.2) is 18.2 Å². The summed E-state index contributed by atoms with van der Waals surface area (Å²) in [6, 6.07) is 6.55. The molecule has 17 heavy (non-hydrogen) atoms. The lowest BCUT2D eigenvalue weighted by atomic mass is 9.99. The maximum absolute atomic E-state index is 6.01. The predicted molar refractivity (Wildman–Crippen MR) is 74.2 cm³/mol. The van der Waals surface area contributed by atoms with Crippen molar-refractivity contribution in [2.24, 2.45) is 0 Å². The van der Waals surface area contributed by atoms with Gasteiger partial charge in [-0.2, -0.15) is 0 Å². The van der Waals surface area contributed by atoms with Gasteiger partial charge in [-0.05, 0) is 43.5 Å². The maximum Gasteiger partial charge on any atom is 0.0426 e. The standard InChI is InChI=1S/C14H21ClN2/c1-2-13-5-3-4-8-17(13)10-11-6-7-12(15)9-14(11)16/h6-7,9,13H,2-5,8,10,16H2,1H3. The van der Waals surface area contributed by atoms with Crippen molar-refractivity contribution >= 4 is 17.3 Å². The van der Waals surface area contributed by atoms with Crippen LogP contribution >= 0.6 is 11.6 Å². The predicted octanol–water partition coefficient (Wildman–Crippen LogP) is 3.69. The minimum atomic E-state index is 0.719. The molecule has 2 N–H and O–H groups in total. The molecule has 1 unspecified atom stereocenters. The fourth-order valence-electron chi connectivity index (χ4n) is 2.66. The average Bonchev–Trinajstić information content (AvgIpc) is 2.33. The van der Waals surface area contributed by atoms with E-state index >= 15 is 0 Å². The molecule has 1 atom stereocenters. The number of hydrogen-bond donors (Lipinski definition) is 1. The van der Waals surface area contributed by atoms with Crippen LogP contribution in [0.2, 0.25) is 5.02 Å². The van der Waals surface area contributed by atoms with Crippen molar-refractivity contribution in [3.8, 4) is 0 Å². The van der Waals surface area contributed by atoms with E-state index in [9.17, 15) is 0 Å².